The first kappa shape index (κ1) is 18.8. The summed E-state index contributed by atoms with van der Waals surface area (Å²) in [6, 6.07) is 33.4. The fourth-order valence-electron chi connectivity index (χ4n) is 3.62. The van der Waals surface area contributed by atoms with E-state index in [-0.39, 0.29) is 0 Å². The molecule has 0 heterocycles. The van der Waals surface area contributed by atoms with Crippen molar-refractivity contribution in [2.24, 2.45) is 0 Å². The molecule has 0 aromatic heterocycles. The van der Waals surface area contributed by atoms with Gasteiger partial charge in [-0.3, -0.25) is 0 Å². The average molecular weight is 362 g/mol. The highest BCUT2D eigenvalue weighted by Gasteiger charge is 2.44. The van der Waals surface area contributed by atoms with Crippen LogP contribution in [0.25, 0.3) is 0 Å². The van der Waals surface area contributed by atoms with Gasteiger partial charge in [-0.25, -0.2) is 0 Å². The van der Waals surface area contributed by atoms with Crippen molar-refractivity contribution in [1.29, 1.82) is 0 Å². The fraction of sp³-hybridized carbons (Fsp3) is 0.250. The van der Waals surface area contributed by atoms with E-state index >= 15 is 0 Å². The van der Waals surface area contributed by atoms with Crippen LogP contribution in [0.3, 0.4) is 0 Å². The molecule has 26 heavy (non-hydrogen) atoms. The lowest BCUT2D eigenvalue weighted by Crippen LogP contribution is -2.34. The first-order valence-corrected chi connectivity index (χ1v) is 11.6. The smallest absolute Gasteiger partial charge is 0.112 e. The predicted octanol–water partition coefficient (Wildman–Crippen LogP) is 4.37. The summed E-state index contributed by atoms with van der Waals surface area (Å²) < 4.78 is 0. The van der Waals surface area contributed by atoms with Crippen molar-refractivity contribution in [2.75, 3.05) is 19.3 Å². The molecule has 0 aliphatic rings. The number of nitrogens with one attached hydrogen (secondary N) is 1. The lowest BCUT2D eigenvalue weighted by Gasteiger charge is -2.27. The number of hydrogen-bond acceptors (Lipinski definition) is 1. The molecule has 0 atom stereocenters. The van der Waals surface area contributed by atoms with Crippen molar-refractivity contribution in [3.05, 3.63) is 91.0 Å². The van der Waals surface area contributed by atoms with Crippen molar-refractivity contribution in [2.45, 2.75) is 19.8 Å². The van der Waals surface area contributed by atoms with E-state index in [0.29, 0.717) is 0 Å². The monoisotopic (exact) mass is 362 g/mol. The zero-order chi connectivity index (χ0) is 18.1. The summed E-state index contributed by atoms with van der Waals surface area (Å²) in [4.78, 5) is 0. The van der Waals surface area contributed by atoms with Gasteiger partial charge in [0.05, 0.1) is 6.16 Å². The maximum Gasteiger partial charge on any atom is 0.112 e. The van der Waals surface area contributed by atoms with Crippen molar-refractivity contribution in [1.82, 2.24) is 5.32 Å². The fourth-order valence-corrected chi connectivity index (χ4v) is 7.97. The van der Waals surface area contributed by atoms with E-state index < -0.39 is 7.26 Å². The summed E-state index contributed by atoms with van der Waals surface area (Å²) in [5, 5.41) is 8.02. The lowest BCUT2D eigenvalue weighted by molar-refractivity contribution is 0.663. The van der Waals surface area contributed by atoms with E-state index in [1.165, 1.54) is 34.9 Å². The topological polar surface area (TPSA) is 12.0 Å². The minimum Gasteiger partial charge on any atom is -0.317 e. The Labute approximate surface area is 158 Å². The minimum atomic E-state index is -1.64. The van der Waals surface area contributed by atoms with Gasteiger partial charge < -0.3 is 5.32 Å². The molecule has 0 radical (unpaired) electrons. The summed E-state index contributed by atoms with van der Waals surface area (Å²) in [5.74, 6) is 0. The van der Waals surface area contributed by atoms with Gasteiger partial charge in [0.15, 0.2) is 0 Å². The lowest BCUT2D eigenvalue weighted by atomic mass is 10.3. The molecule has 3 rings (SSSR count). The average Bonchev–Trinajstić information content (AvgIpc) is 2.73. The van der Waals surface area contributed by atoms with Gasteiger partial charge in [0.2, 0.25) is 0 Å². The first-order chi connectivity index (χ1) is 12.9. The third kappa shape index (κ3) is 4.23. The van der Waals surface area contributed by atoms with E-state index in [9.17, 15) is 0 Å². The van der Waals surface area contributed by atoms with E-state index in [2.05, 4.69) is 103 Å². The van der Waals surface area contributed by atoms with Crippen LogP contribution in [0.2, 0.25) is 0 Å². The van der Waals surface area contributed by atoms with E-state index in [0.717, 1.165) is 13.1 Å². The quantitative estimate of drug-likeness (QED) is 0.440. The molecule has 134 valence electrons. The van der Waals surface area contributed by atoms with Crippen molar-refractivity contribution in [3.63, 3.8) is 0 Å². The van der Waals surface area contributed by atoms with Crippen LogP contribution < -0.4 is 21.2 Å². The van der Waals surface area contributed by atoms with Gasteiger partial charge >= 0.3 is 0 Å². The molecule has 0 bridgehead atoms. The zero-order valence-corrected chi connectivity index (χ0v) is 16.5. The number of benzene rings is 3. The second-order valence-electron chi connectivity index (χ2n) is 6.64. The second-order valence-corrected chi connectivity index (χ2v) is 10.3. The molecule has 0 saturated heterocycles. The summed E-state index contributed by atoms with van der Waals surface area (Å²) in [6.07, 6.45) is 3.57. The highest BCUT2D eigenvalue weighted by Crippen LogP contribution is 2.55. The van der Waals surface area contributed by atoms with Crippen LogP contribution in [-0.2, 0) is 0 Å². The Morgan fingerprint density at radius 1 is 0.615 bits per heavy atom. The largest absolute Gasteiger partial charge is 0.317 e. The molecule has 1 N–H and O–H groups in total. The molecular formula is C24H29NP+. The Hall–Kier alpha value is -1.95. The maximum absolute atomic E-state index is 3.58. The van der Waals surface area contributed by atoms with Crippen LogP contribution in [-0.4, -0.2) is 19.3 Å². The molecule has 0 saturated carbocycles. The second kappa shape index (κ2) is 9.67. The Morgan fingerprint density at radius 3 is 1.42 bits per heavy atom. The van der Waals surface area contributed by atoms with Crippen LogP contribution >= 0.6 is 7.26 Å². The predicted molar refractivity (Wildman–Crippen MR) is 118 cm³/mol. The van der Waals surface area contributed by atoms with Crippen LogP contribution in [0.5, 0.6) is 0 Å². The normalized spacial score (nSPS) is 11.4. The van der Waals surface area contributed by atoms with E-state index in [1.807, 2.05) is 0 Å². The van der Waals surface area contributed by atoms with Gasteiger partial charge in [-0.1, -0.05) is 61.5 Å². The standard InChI is InChI=1S/C24H29NP/c1-2-19-25-20-12-21-26(22-13-6-3-7-14-22,23-15-8-4-9-16-23)24-17-10-5-11-18-24/h3-11,13-18,25H,2,12,19-21H2,1H3/q+1. The zero-order valence-electron chi connectivity index (χ0n) is 15.6. The van der Waals surface area contributed by atoms with E-state index in [1.54, 1.807) is 0 Å². The third-order valence-electron chi connectivity index (χ3n) is 4.86. The molecule has 0 fully saturated rings. The molecule has 1 nitrogen and oxygen atoms in total. The maximum atomic E-state index is 3.58. The first-order valence-electron chi connectivity index (χ1n) is 9.63. The van der Waals surface area contributed by atoms with Gasteiger partial charge in [0, 0.05) is 0 Å². The molecule has 3 aromatic rings. The molecule has 0 aliphatic heterocycles. The van der Waals surface area contributed by atoms with Gasteiger partial charge in [-0.05, 0) is 62.3 Å². The van der Waals surface area contributed by atoms with E-state index in [4.69, 9.17) is 0 Å². The summed E-state index contributed by atoms with van der Waals surface area (Å²) >= 11 is 0. The molecule has 0 unspecified atom stereocenters. The highest BCUT2D eigenvalue weighted by atomic mass is 31.2. The molecular weight excluding hydrogens is 333 g/mol. The summed E-state index contributed by atoms with van der Waals surface area (Å²) in [6.45, 7) is 4.41. The number of rotatable bonds is 9. The highest BCUT2D eigenvalue weighted by molar-refractivity contribution is 7.95. The molecule has 0 amide bonds. The summed E-state index contributed by atoms with van der Waals surface area (Å²) in [7, 11) is -1.64. The van der Waals surface area contributed by atoms with Gasteiger partial charge in [-0.2, -0.15) is 0 Å². The Bertz CT molecular complexity index is 659. The van der Waals surface area contributed by atoms with Gasteiger partial charge in [0.25, 0.3) is 0 Å². The minimum absolute atomic E-state index is 1.09. The Kier molecular flexibility index (Phi) is 7.00. The van der Waals surface area contributed by atoms with Crippen molar-refractivity contribution in [3.8, 4) is 0 Å². The molecule has 0 spiro atoms. The Morgan fingerprint density at radius 2 is 1.04 bits per heavy atom. The van der Waals surface area contributed by atoms with Crippen molar-refractivity contribution < 1.29 is 0 Å². The third-order valence-corrected chi connectivity index (χ3v) is 9.39. The molecule has 3 aromatic carbocycles. The molecule has 2 heteroatoms. The SMILES string of the molecule is CCCNCCC[P+](c1ccccc1)(c1ccccc1)c1ccccc1. The number of hydrogen-bond donors (Lipinski definition) is 1. The van der Waals surface area contributed by atoms with Crippen LogP contribution in [0.1, 0.15) is 19.8 Å². The molecule has 0 aliphatic carbocycles. The Balaban J connectivity index is 2.06. The van der Waals surface area contributed by atoms with Crippen molar-refractivity contribution >= 4 is 23.2 Å². The van der Waals surface area contributed by atoms with Gasteiger partial charge in [0.1, 0.15) is 23.2 Å². The van der Waals surface area contributed by atoms with Gasteiger partial charge in [-0.15, -0.1) is 0 Å². The van der Waals surface area contributed by atoms with Crippen LogP contribution in [0, 0.1) is 0 Å². The summed E-state index contributed by atoms with van der Waals surface area (Å²) in [5.41, 5.74) is 0. The van der Waals surface area contributed by atoms with Crippen LogP contribution in [0.4, 0.5) is 0 Å². The van der Waals surface area contributed by atoms with Crippen LogP contribution in [0.15, 0.2) is 91.0 Å².